The van der Waals surface area contributed by atoms with E-state index < -0.39 is 0 Å². The second kappa shape index (κ2) is 4.53. The zero-order valence-corrected chi connectivity index (χ0v) is 10.6. The fourth-order valence-electron chi connectivity index (χ4n) is 2.13. The van der Waals surface area contributed by atoms with E-state index in [1.807, 2.05) is 17.8 Å². The van der Waals surface area contributed by atoms with E-state index in [1.54, 1.807) is 6.07 Å². The molecule has 94 valence electrons. The van der Waals surface area contributed by atoms with Gasteiger partial charge in [-0.3, -0.25) is 4.79 Å². The number of nitrogens with one attached hydrogen (secondary N) is 2. The molecule has 1 aliphatic heterocycles. The summed E-state index contributed by atoms with van der Waals surface area (Å²) >= 11 is 1.94. The molecule has 1 aromatic heterocycles. The van der Waals surface area contributed by atoms with Crippen molar-refractivity contribution in [3.8, 4) is 0 Å². The first-order chi connectivity index (χ1) is 8.74. The number of hydrogen-bond donors (Lipinski definition) is 3. The summed E-state index contributed by atoms with van der Waals surface area (Å²) in [6, 6.07) is 3.99. The molecule has 1 atom stereocenters. The lowest BCUT2D eigenvalue weighted by Crippen LogP contribution is -2.19. The SMILES string of the molecule is Nc1cc2c(=O)[nH]cnc2cc1NC1CCSC1. The van der Waals surface area contributed by atoms with Gasteiger partial charge in [0.25, 0.3) is 5.56 Å². The van der Waals surface area contributed by atoms with Crippen LogP contribution in [0.15, 0.2) is 23.3 Å². The number of rotatable bonds is 2. The second-order valence-corrected chi connectivity index (χ2v) is 5.54. The minimum atomic E-state index is -0.158. The van der Waals surface area contributed by atoms with Crippen molar-refractivity contribution in [1.82, 2.24) is 9.97 Å². The highest BCUT2D eigenvalue weighted by molar-refractivity contribution is 7.99. The number of benzene rings is 1. The van der Waals surface area contributed by atoms with Crippen LogP contribution in [-0.4, -0.2) is 27.5 Å². The molecule has 2 aromatic rings. The summed E-state index contributed by atoms with van der Waals surface area (Å²) in [6.45, 7) is 0. The lowest BCUT2D eigenvalue weighted by Gasteiger charge is -2.15. The summed E-state index contributed by atoms with van der Waals surface area (Å²) < 4.78 is 0. The molecule has 5 nitrogen and oxygen atoms in total. The number of H-pyrrole nitrogens is 1. The average Bonchev–Trinajstić information content (AvgIpc) is 2.84. The van der Waals surface area contributed by atoms with Crippen LogP contribution in [0.5, 0.6) is 0 Å². The Balaban J connectivity index is 2.02. The molecule has 1 aliphatic rings. The van der Waals surface area contributed by atoms with Crippen molar-refractivity contribution >= 4 is 34.0 Å². The number of nitrogens with zero attached hydrogens (tertiary/aromatic N) is 1. The maximum absolute atomic E-state index is 11.6. The molecule has 2 heterocycles. The van der Waals surface area contributed by atoms with Crippen molar-refractivity contribution < 1.29 is 0 Å². The Kier molecular flexibility index (Phi) is 2.87. The van der Waals surface area contributed by atoms with Crippen LogP contribution >= 0.6 is 11.8 Å². The van der Waals surface area contributed by atoms with Crippen molar-refractivity contribution in [2.45, 2.75) is 12.5 Å². The Labute approximate surface area is 108 Å². The molecule has 0 spiro atoms. The zero-order chi connectivity index (χ0) is 12.5. The van der Waals surface area contributed by atoms with Crippen molar-refractivity contribution in [2.75, 3.05) is 22.6 Å². The summed E-state index contributed by atoms with van der Waals surface area (Å²) in [5.41, 5.74) is 7.96. The Morgan fingerprint density at radius 3 is 3.17 bits per heavy atom. The maximum Gasteiger partial charge on any atom is 0.258 e. The lowest BCUT2D eigenvalue weighted by atomic mass is 10.1. The van der Waals surface area contributed by atoms with E-state index in [0.717, 1.165) is 17.9 Å². The number of thioether (sulfide) groups is 1. The van der Waals surface area contributed by atoms with Gasteiger partial charge in [-0.25, -0.2) is 4.98 Å². The van der Waals surface area contributed by atoms with Crippen LogP contribution in [0, 0.1) is 0 Å². The fraction of sp³-hybridized carbons (Fsp3) is 0.333. The highest BCUT2D eigenvalue weighted by atomic mass is 32.2. The summed E-state index contributed by atoms with van der Waals surface area (Å²) in [5.74, 6) is 2.28. The van der Waals surface area contributed by atoms with Gasteiger partial charge in [-0.1, -0.05) is 0 Å². The minimum absolute atomic E-state index is 0.158. The Hall–Kier alpha value is -1.69. The topological polar surface area (TPSA) is 83.8 Å². The van der Waals surface area contributed by atoms with E-state index >= 15 is 0 Å². The second-order valence-electron chi connectivity index (χ2n) is 4.39. The quantitative estimate of drug-likeness (QED) is 0.713. The Morgan fingerprint density at radius 1 is 1.50 bits per heavy atom. The Bertz CT molecular complexity index is 634. The van der Waals surface area contributed by atoms with Crippen LogP contribution in [0.4, 0.5) is 11.4 Å². The van der Waals surface area contributed by atoms with Crippen LogP contribution in [0.1, 0.15) is 6.42 Å². The van der Waals surface area contributed by atoms with Gasteiger partial charge in [-0.15, -0.1) is 0 Å². The molecule has 0 aliphatic carbocycles. The van der Waals surface area contributed by atoms with Gasteiger partial charge in [0.15, 0.2) is 0 Å². The molecule has 6 heteroatoms. The number of fused-ring (bicyclic) bond motifs is 1. The highest BCUT2D eigenvalue weighted by Gasteiger charge is 2.16. The van der Waals surface area contributed by atoms with Gasteiger partial charge < -0.3 is 16.0 Å². The molecular weight excluding hydrogens is 248 g/mol. The summed E-state index contributed by atoms with van der Waals surface area (Å²) in [4.78, 5) is 18.3. The van der Waals surface area contributed by atoms with E-state index in [4.69, 9.17) is 5.73 Å². The molecule has 1 fully saturated rings. The molecular formula is C12H14N4OS. The monoisotopic (exact) mass is 262 g/mol. The van der Waals surface area contributed by atoms with E-state index in [0.29, 0.717) is 22.6 Å². The fourth-order valence-corrected chi connectivity index (χ4v) is 3.28. The third-order valence-electron chi connectivity index (χ3n) is 3.10. The van der Waals surface area contributed by atoms with E-state index in [2.05, 4.69) is 15.3 Å². The summed E-state index contributed by atoms with van der Waals surface area (Å²) in [7, 11) is 0. The number of nitrogens with two attached hydrogens (primary N) is 1. The first-order valence-corrected chi connectivity index (χ1v) is 7.01. The van der Waals surface area contributed by atoms with Gasteiger partial charge in [0.2, 0.25) is 0 Å². The number of anilines is 2. The van der Waals surface area contributed by atoms with E-state index in [9.17, 15) is 4.79 Å². The van der Waals surface area contributed by atoms with Crippen LogP contribution in [0.25, 0.3) is 10.9 Å². The van der Waals surface area contributed by atoms with Crippen LogP contribution < -0.4 is 16.6 Å². The van der Waals surface area contributed by atoms with E-state index in [1.165, 1.54) is 12.1 Å². The summed E-state index contributed by atoms with van der Waals surface area (Å²) in [6.07, 6.45) is 2.56. The van der Waals surface area contributed by atoms with Crippen LogP contribution in [0.2, 0.25) is 0 Å². The molecule has 0 amide bonds. The standard InChI is InChI=1S/C12H14N4OS/c13-9-3-8-10(14-6-15-12(8)17)4-11(9)16-7-1-2-18-5-7/h3-4,6-7,16H,1-2,5,13H2,(H,14,15,17). The molecule has 0 radical (unpaired) electrons. The Morgan fingerprint density at radius 2 is 2.39 bits per heavy atom. The first kappa shape index (κ1) is 11.4. The average molecular weight is 262 g/mol. The first-order valence-electron chi connectivity index (χ1n) is 5.85. The zero-order valence-electron chi connectivity index (χ0n) is 9.77. The molecule has 1 saturated heterocycles. The molecule has 4 N–H and O–H groups in total. The molecule has 1 unspecified atom stereocenters. The highest BCUT2D eigenvalue weighted by Crippen LogP contribution is 2.27. The van der Waals surface area contributed by atoms with Crippen molar-refractivity contribution in [1.29, 1.82) is 0 Å². The third-order valence-corrected chi connectivity index (χ3v) is 4.26. The van der Waals surface area contributed by atoms with Crippen molar-refractivity contribution in [3.05, 3.63) is 28.8 Å². The van der Waals surface area contributed by atoms with Gasteiger partial charge in [-0.2, -0.15) is 11.8 Å². The van der Waals surface area contributed by atoms with Crippen LogP contribution in [-0.2, 0) is 0 Å². The predicted octanol–water partition coefficient (Wildman–Crippen LogP) is 1.42. The third kappa shape index (κ3) is 2.03. The predicted molar refractivity (Wildman–Crippen MR) is 76.1 cm³/mol. The molecule has 1 aromatic carbocycles. The van der Waals surface area contributed by atoms with Gasteiger partial charge in [0.1, 0.15) is 0 Å². The van der Waals surface area contributed by atoms with Gasteiger partial charge in [0.05, 0.1) is 28.6 Å². The minimum Gasteiger partial charge on any atom is -0.397 e. The smallest absolute Gasteiger partial charge is 0.258 e. The number of nitrogen functional groups attached to an aromatic ring is 1. The lowest BCUT2D eigenvalue weighted by molar-refractivity contribution is 0.814. The maximum atomic E-state index is 11.6. The molecule has 18 heavy (non-hydrogen) atoms. The van der Waals surface area contributed by atoms with Gasteiger partial charge in [-0.05, 0) is 24.3 Å². The number of aromatic nitrogens is 2. The molecule has 0 saturated carbocycles. The van der Waals surface area contributed by atoms with Gasteiger partial charge >= 0.3 is 0 Å². The normalized spacial score (nSPS) is 19.2. The van der Waals surface area contributed by atoms with Crippen molar-refractivity contribution in [3.63, 3.8) is 0 Å². The van der Waals surface area contributed by atoms with Gasteiger partial charge in [0, 0.05) is 11.8 Å². The number of aromatic amines is 1. The largest absolute Gasteiger partial charge is 0.397 e. The summed E-state index contributed by atoms with van der Waals surface area (Å²) in [5, 5.41) is 3.95. The van der Waals surface area contributed by atoms with Crippen molar-refractivity contribution in [2.24, 2.45) is 0 Å². The molecule has 3 rings (SSSR count). The molecule has 0 bridgehead atoms. The van der Waals surface area contributed by atoms with Crippen LogP contribution in [0.3, 0.4) is 0 Å². The number of hydrogen-bond acceptors (Lipinski definition) is 5. The van der Waals surface area contributed by atoms with E-state index in [-0.39, 0.29) is 5.56 Å².